The van der Waals surface area contributed by atoms with E-state index in [9.17, 15) is 22.8 Å². The molecule has 2 heterocycles. The van der Waals surface area contributed by atoms with Gasteiger partial charge < -0.3 is 15.5 Å². The van der Waals surface area contributed by atoms with Gasteiger partial charge in [-0.1, -0.05) is 0 Å². The Morgan fingerprint density at radius 1 is 1.52 bits per heavy atom. The summed E-state index contributed by atoms with van der Waals surface area (Å²) in [6.45, 7) is 0.861. The van der Waals surface area contributed by atoms with Crippen LogP contribution in [0.2, 0.25) is 0 Å². The van der Waals surface area contributed by atoms with Gasteiger partial charge in [0, 0.05) is 19.7 Å². The van der Waals surface area contributed by atoms with Gasteiger partial charge in [-0.3, -0.25) is 9.78 Å². The number of pyridine rings is 1. The number of carbonyl (C=O) groups excluding carboxylic acids is 2. The summed E-state index contributed by atoms with van der Waals surface area (Å²) in [6.07, 6.45) is -1.63. The highest BCUT2D eigenvalue weighted by Crippen LogP contribution is 2.25. The van der Waals surface area contributed by atoms with Crippen LogP contribution < -0.4 is 10.6 Å². The summed E-state index contributed by atoms with van der Waals surface area (Å²) in [5.41, 5.74) is 0.950. The van der Waals surface area contributed by atoms with E-state index in [2.05, 4.69) is 10.3 Å². The van der Waals surface area contributed by atoms with Gasteiger partial charge in [0.1, 0.15) is 6.04 Å². The first-order chi connectivity index (χ1) is 9.75. The Bertz CT molecular complexity index is 562. The molecule has 0 aromatic carbocycles. The van der Waals surface area contributed by atoms with Crippen molar-refractivity contribution in [2.24, 2.45) is 0 Å². The molecule has 0 spiro atoms. The van der Waals surface area contributed by atoms with Crippen LogP contribution in [0.5, 0.6) is 0 Å². The molecule has 3 amide bonds. The number of halogens is 3. The molecule has 1 aromatic heterocycles. The number of nitrogens with zero attached hydrogens (tertiary/aromatic N) is 2. The SMILES string of the molecule is CC(=O)Nc1cncc(CN2C[C@@H](C(F)(F)F)NC2=O)c1. The van der Waals surface area contributed by atoms with Crippen molar-refractivity contribution in [2.45, 2.75) is 25.7 Å². The molecule has 1 aliphatic rings. The maximum atomic E-state index is 12.6. The van der Waals surface area contributed by atoms with Crippen molar-refractivity contribution in [3.8, 4) is 0 Å². The highest BCUT2D eigenvalue weighted by Gasteiger charge is 2.46. The summed E-state index contributed by atoms with van der Waals surface area (Å²) in [5, 5.41) is 4.40. The monoisotopic (exact) mass is 302 g/mol. The van der Waals surface area contributed by atoms with Crippen LogP contribution in [-0.4, -0.2) is 40.6 Å². The minimum atomic E-state index is -4.47. The van der Waals surface area contributed by atoms with Crippen LogP contribution in [-0.2, 0) is 11.3 Å². The van der Waals surface area contributed by atoms with E-state index in [1.165, 1.54) is 19.3 Å². The molecule has 1 fully saturated rings. The fourth-order valence-corrected chi connectivity index (χ4v) is 1.98. The number of aromatic nitrogens is 1. The van der Waals surface area contributed by atoms with E-state index in [0.29, 0.717) is 11.3 Å². The first-order valence-corrected chi connectivity index (χ1v) is 6.09. The van der Waals surface area contributed by atoms with Gasteiger partial charge >= 0.3 is 12.2 Å². The van der Waals surface area contributed by atoms with E-state index >= 15 is 0 Å². The number of rotatable bonds is 3. The van der Waals surface area contributed by atoms with Crippen molar-refractivity contribution < 1.29 is 22.8 Å². The van der Waals surface area contributed by atoms with Crippen LogP contribution in [0.3, 0.4) is 0 Å². The topological polar surface area (TPSA) is 74.3 Å². The van der Waals surface area contributed by atoms with E-state index in [1.54, 1.807) is 6.07 Å². The van der Waals surface area contributed by atoms with Crippen LogP contribution in [0.25, 0.3) is 0 Å². The Morgan fingerprint density at radius 3 is 2.81 bits per heavy atom. The second-order valence-corrected chi connectivity index (χ2v) is 4.69. The third-order valence-corrected chi connectivity index (χ3v) is 2.87. The van der Waals surface area contributed by atoms with Gasteiger partial charge in [0.15, 0.2) is 0 Å². The lowest BCUT2D eigenvalue weighted by Gasteiger charge is -2.16. The molecular formula is C12H13F3N4O2. The standard InChI is InChI=1S/C12H13F3N4O2/c1-7(20)17-9-2-8(3-16-4-9)5-19-6-10(12(13,14)15)18-11(19)21/h2-4,10H,5-6H2,1H3,(H,17,20)(H,18,21)/t10-/m0/s1. The minimum absolute atomic E-state index is 0.0150. The average Bonchev–Trinajstić information content (AvgIpc) is 2.70. The molecule has 9 heteroatoms. The second-order valence-electron chi connectivity index (χ2n) is 4.69. The molecule has 114 valence electrons. The molecule has 0 aliphatic carbocycles. The van der Waals surface area contributed by atoms with Gasteiger partial charge in [0.2, 0.25) is 5.91 Å². The van der Waals surface area contributed by atoms with Gasteiger partial charge in [-0.2, -0.15) is 13.2 Å². The van der Waals surface area contributed by atoms with Crippen molar-refractivity contribution in [3.05, 3.63) is 24.0 Å². The van der Waals surface area contributed by atoms with E-state index in [0.717, 1.165) is 4.90 Å². The molecule has 1 aromatic rings. The number of urea groups is 1. The summed E-state index contributed by atoms with van der Waals surface area (Å²) >= 11 is 0. The lowest BCUT2D eigenvalue weighted by molar-refractivity contribution is -0.149. The number of nitrogens with one attached hydrogen (secondary N) is 2. The lowest BCUT2D eigenvalue weighted by Crippen LogP contribution is -2.40. The number of amides is 3. The summed E-state index contributed by atoms with van der Waals surface area (Å²) in [6, 6.07) is -1.08. The van der Waals surface area contributed by atoms with Crippen molar-refractivity contribution in [3.63, 3.8) is 0 Å². The number of carbonyl (C=O) groups is 2. The zero-order chi connectivity index (χ0) is 15.6. The minimum Gasteiger partial charge on any atom is -0.325 e. The van der Waals surface area contributed by atoms with E-state index < -0.39 is 24.8 Å². The van der Waals surface area contributed by atoms with E-state index in [4.69, 9.17) is 0 Å². The van der Waals surface area contributed by atoms with Crippen molar-refractivity contribution in [2.75, 3.05) is 11.9 Å². The van der Waals surface area contributed by atoms with Gasteiger partial charge in [-0.15, -0.1) is 0 Å². The molecule has 0 radical (unpaired) electrons. The Hall–Kier alpha value is -2.32. The Morgan fingerprint density at radius 2 is 2.24 bits per heavy atom. The van der Waals surface area contributed by atoms with Crippen molar-refractivity contribution >= 4 is 17.6 Å². The maximum Gasteiger partial charge on any atom is 0.410 e. The first-order valence-electron chi connectivity index (χ1n) is 6.09. The van der Waals surface area contributed by atoms with E-state index in [1.807, 2.05) is 5.32 Å². The summed E-state index contributed by atoms with van der Waals surface area (Å²) in [5.74, 6) is -0.287. The summed E-state index contributed by atoms with van der Waals surface area (Å²) < 4.78 is 37.7. The maximum absolute atomic E-state index is 12.6. The zero-order valence-corrected chi connectivity index (χ0v) is 11.1. The predicted octanol–water partition coefficient (Wildman–Crippen LogP) is 1.50. The third kappa shape index (κ3) is 3.83. The molecule has 2 rings (SSSR count). The van der Waals surface area contributed by atoms with Gasteiger partial charge in [0.25, 0.3) is 0 Å². The Labute approximate surface area is 118 Å². The molecule has 0 unspecified atom stereocenters. The van der Waals surface area contributed by atoms with Gasteiger partial charge in [0.05, 0.1) is 18.4 Å². The van der Waals surface area contributed by atoms with Crippen LogP contribution in [0.15, 0.2) is 18.5 Å². The highest BCUT2D eigenvalue weighted by molar-refractivity contribution is 5.88. The molecule has 1 aliphatic heterocycles. The summed E-state index contributed by atoms with van der Waals surface area (Å²) in [7, 11) is 0. The Kier molecular flexibility index (Phi) is 4.01. The molecule has 0 saturated carbocycles. The summed E-state index contributed by atoms with van der Waals surface area (Å²) in [4.78, 5) is 27.4. The second kappa shape index (κ2) is 5.58. The van der Waals surface area contributed by atoms with Crippen molar-refractivity contribution in [1.29, 1.82) is 0 Å². The normalized spacial score (nSPS) is 18.6. The largest absolute Gasteiger partial charge is 0.410 e. The van der Waals surface area contributed by atoms with Crippen LogP contribution in [0, 0.1) is 0 Å². The molecule has 0 bridgehead atoms. The zero-order valence-electron chi connectivity index (χ0n) is 11.1. The fraction of sp³-hybridized carbons (Fsp3) is 0.417. The third-order valence-electron chi connectivity index (χ3n) is 2.87. The number of alkyl halides is 3. The smallest absolute Gasteiger partial charge is 0.325 e. The average molecular weight is 302 g/mol. The lowest BCUT2D eigenvalue weighted by atomic mass is 10.2. The number of anilines is 1. The number of hydrogen-bond acceptors (Lipinski definition) is 3. The molecule has 2 N–H and O–H groups in total. The van der Waals surface area contributed by atoms with Gasteiger partial charge in [-0.05, 0) is 11.6 Å². The number of hydrogen-bond donors (Lipinski definition) is 2. The van der Waals surface area contributed by atoms with Crippen LogP contribution in [0.4, 0.5) is 23.7 Å². The van der Waals surface area contributed by atoms with E-state index in [-0.39, 0.29) is 12.5 Å². The van der Waals surface area contributed by atoms with Gasteiger partial charge in [-0.25, -0.2) is 4.79 Å². The first kappa shape index (κ1) is 15.1. The molecule has 21 heavy (non-hydrogen) atoms. The molecule has 6 nitrogen and oxygen atoms in total. The molecule has 1 saturated heterocycles. The fourth-order valence-electron chi connectivity index (χ4n) is 1.98. The molecular weight excluding hydrogens is 289 g/mol. The van der Waals surface area contributed by atoms with Crippen molar-refractivity contribution in [1.82, 2.24) is 15.2 Å². The van der Waals surface area contributed by atoms with Crippen LogP contribution in [0.1, 0.15) is 12.5 Å². The highest BCUT2D eigenvalue weighted by atomic mass is 19.4. The quantitative estimate of drug-likeness (QED) is 0.888. The molecule has 1 atom stereocenters. The predicted molar refractivity (Wildman–Crippen MR) is 67.3 cm³/mol. The van der Waals surface area contributed by atoms with Crippen LogP contribution >= 0.6 is 0 Å². The Balaban J connectivity index is 2.05.